The molecule has 1 amide bonds. The standard InChI is InChI=1S/C12H20N2O/c1-8-6-14(7-9(8)2)12(15)10(3)11-4-13-5-11/h8-9,13H,4-7H2,1-3H3. The molecule has 0 spiro atoms. The van der Waals surface area contributed by atoms with Crippen molar-refractivity contribution in [2.75, 3.05) is 26.2 Å². The minimum atomic E-state index is 0.253. The molecule has 2 fully saturated rings. The van der Waals surface area contributed by atoms with E-state index in [1.807, 2.05) is 11.8 Å². The highest BCUT2D eigenvalue weighted by Crippen LogP contribution is 2.24. The number of nitrogens with one attached hydrogen (secondary N) is 1. The molecule has 0 aromatic rings. The number of nitrogens with zero attached hydrogens (tertiary/aromatic N) is 1. The first-order chi connectivity index (χ1) is 7.09. The molecule has 2 atom stereocenters. The minimum Gasteiger partial charge on any atom is -0.338 e. The molecule has 2 saturated heterocycles. The minimum absolute atomic E-state index is 0.253. The van der Waals surface area contributed by atoms with Gasteiger partial charge in [0, 0.05) is 31.8 Å². The molecule has 2 aliphatic rings. The van der Waals surface area contributed by atoms with Crippen LogP contribution in [0.15, 0.2) is 11.1 Å². The van der Waals surface area contributed by atoms with Crippen LogP contribution in [0.2, 0.25) is 0 Å². The normalized spacial score (nSPS) is 30.3. The number of carbonyl (C=O) groups is 1. The van der Waals surface area contributed by atoms with Gasteiger partial charge in [0.05, 0.1) is 0 Å². The van der Waals surface area contributed by atoms with Gasteiger partial charge in [-0.2, -0.15) is 0 Å². The van der Waals surface area contributed by atoms with Gasteiger partial charge in [-0.05, 0) is 24.3 Å². The zero-order valence-electron chi connectivity index (χ0n) is 9.84. The van der Waals surface area contributed by atoms with Gasteiger partial charge in [-0.15, -0.1) is 0 Å². The number of amides is 1. The SMILES string of the molecule is CC(C(=O)N1CC(C)C(C)C1)=C1CNC1. The average molecular weight is 208 g/mol. The number of carbonyl (C=O) groups excluding carboxylic acids is 1. The Hall–Kier alpha value is -0.830. The summed E-state index contributed by atoms with van der Waals surface area (Å²) in [5.41, 5.74) is 2.25. The van der Waals surface area contributed by atoms with Gasteiger partial charge in [-0.1, -0.05) is 13.8 Å². The summed E-state index contributed by atoms with van der Waals surface area (Å²) in [6, 6.07) is 0. The summed E-state index contributed by atoms with van der Waals surface area (Å²) in [6.45, 7) is 10.1. The van der Waals surface area contributed by atoms with Gasteiger partial charge in [0.15, 0.2) is 0 Å². The van der Waals surface area contributed by atoms with E-state index in [0.29, 0.717) is 11.8 Å². The Balaban J connectivity index is 2.03. The maximum absolute atomic E-state index is 12.1. The van der Waals surface area contributed by atoms with Gasteiger partial charge < -0.3 is 10.2 Å². The number of likely N-dealkylation sites (tertiary alicyclic amines) is 1. The van der Waals surface area contributed by atoms with Crippen molar-refractivity contribution in [2.45, 2.75) is 20.8 Å². The van der Waals surface area contributed by atoms with Gasteiger partial charge in [-0.3, -0.25) is 4.79 Å². The topological polar surface area (TPSA) is 32.3 Å². The maximum atomic E-state index is 12.1. The van der Waals surface area contributed by atoms with E-state index in [9.17, 15) is 4.79 Å². The Morgan fingerprint density at radius 1 is 1.27 bits per heavy atom. The van der Waals surface area contributed by atoms with Crippen molar-refractivity contribution in [1.82, 2.24) is 10.2 Å². The first-order valence-electron chi connectivity index (χ1n) is 5.78. The second kappa shape index (κ2) is 3.97. The molecule has 1 N–H and O–H groups in total. The lowest BCUT2D eigenvalue weighted by atomic mass is 10.0. The summed E-state index contributed by atoms with van der Waals surface area (Å²) < 4.78 is 0. The van der Waals surface area contributed by atoms with Crippen molar-refractivity contribution in [3.8, 4) is 0 Å². The molecule has 2 rings (SSSR count). The largest absolute Gasteiger partial charge is 0.338 e. The highest BCUT2D eigenvalue weighted by atomic mass is 16.2. The monoisotopic (exact) mass is 208 g/mol. The van der Waals surface area contributed by atoms with Crippen LogP contribution in [0.25, 0.3) is 0 Å². The molecule has 0 aromatic carbocycles. The molecule has 0 bridgehead atoms. The van der Waals surface area contributed by atoms with Gasteiger partial charge >= 0.3 is 0 Å². The van der Waals surface area contributed by atoms with E-state index in [4.69, 9.17) is 0 Å². The van der Waals surface area contributed by atoms with E-state index in [-0.39, 0.29) is 5.91 Å². The van der Waals surface area contributed by atoms with Crippen molar-refractivity contribution in [3.63, 3.8) is 0 Å². The highest BCUT2D eigenvalue weighted by Gasteiger charge is 2.30. The van der Waals surface area contributed by atoms with Gasteiger partial charge in [0.1, 0.15) is 0 Å². The Bertz CT molecular complexity index is 293. The summed E-state index contributed by atoms with van der Waals surface area (Å²) in [7, 11) is 0. The van der Waals surface area contributed by atoms with Crippen LogP contribution in [0.3, 0.4) is 0 Å². The Morgan fingerprint density at radius 3 is 2.20 bits per heavy atom. The second-order valence-corrected chi connectivity index (χ2v) is 5.00. The van der Waals surface area contributed by atoms with Crippen molar-refractivity contribution in [2.24, 2.45) is 11.8 Å². The Morgan fingerprint density at radius 2 is 1.80 bits per heavy atom. The van der Waals surface area contributed by atoms with Crippen LogP contribution in [-0.2, 0) is 4.79 Å². The summed E-state index contributed by atoms with van der Waals surface area (Å²) in [5, 5.41) is 3.18. The lowest BCUT2D eigenvalue weighted by Gasteiger charge is -2.24. The maximum Gasteiger partial charge on any atom is 0.249 e. The summed E-state index contributed by atoms with van der Waals surface area (Å²) in [4.78, 5) is 14.1. The lowest BCUT2D eigenvalue weighted by molar-refractivity contribution is -0.126. The van der Waals surface area contributed by atoms with Crippen LogP contribution < -0.4 is 5.32 Å². The third-order valence-corrected chi connectivity index (χ3v) is 3.80. The fourth-order valence-corrected chi connectivity index (χ4v) is 2.20. The lowest BCUT2D eigenvalue weighted by Crippen LogP contribution is -2.38. The molecule has 0 aromatic heterocycles. The smallest absolute Gasteiger partial charge is 0.249 e. The van der Waals surface area contributed by atoms with E-state index in [1.165, 1.54) is 5.57 Å². The zero-order valence-corrected chi connectivity index (χ0v) is 9.84. The van der Waals surface area contributed by atoms with Crippen LogP contribution in [0, 0.1) is 11.8 Å². The molecule has 0 aliphatic carbocycles. The molecule has 2 unspecified atom stereocenters. The summed E-state index contributed by atoms with van der Waals surface area (Å²) in [6.07, 6.45) is 0. The molecule has 0 saturated carbocycles. The van der Waals surface area contributed by atoms with Crippen LogP contribution in [0.4, 0.5) is 0 Å². The molecule has 2 aliphatic heterocycles. The van der Waals surface area contributed by atoms with Crippen LogP contribution >= 0.6 is 0 Å². The first kappa shape index (κ1) is 10.7. The van der Waals surface area contributed by atoms with Crippen molar-refractivity contribution >= 4 is 5.91 Å². The van der Waals surface area contributed by atoms with Crippen LogP contribution in [0.1, 0.15) is 20.8 Å². The quantitative estimate of drug-likeness (QED) is 0.653. The van der Waals surface area contributed by atoms with Gasteiger partial charge in [0.2, 0.25) is 5.91 Å². The van der Waals surface area contributed by atoms with Gasteiger partial charge in [-0.25, -0.2) is 0 Å². The molecular formula is C12H20N2O. The summed E-state index contributed by atoms with van der Waals surface area (Å²) in [5.74, 6) is 1.54. The molecule has 84 valence electrons. The molecule has 3 nitrogen and oxygen atoms in total. The summed E-state index contributed by atoms with van der Waals surface area (Å²) >= 11 is 0. The van der Waals surface area contributed by atoms with E-state index in [0.717, 1.165) is 31.8 Å². The van der Waals surface area contributed by atoms with Crippen LogP contribution in [0.5, 0.6) is 0 Å². The third kappa shape index (κ3) is 1.93. The third-order valence-electron chi connectivity index (χ3n) is 3.80. The Kier molecular flexibility index (Phi) is 2.83. The number of hydrogen-bond acceptors (Lipinski definition) is 2. The van der Waals surface area contributed by atoms with Crippen LogP contribution in [-0.4, -0.2) is 37.0 Å². The van der Waals surface area contributed by atoms with Crippen molar-refractivity contribution in [3.05, 3.63) is 11.1 Å². The molecular weight excluding hydrogens is 188 g/mol. The molecule has 0 radical (unpaired) electrons. The first-order valence-corrected chi connectivity index (χ1v) is 5.78. The van der Waals surface area contributed by atoms with Crippen molar-refractivity contribution in [1.29, 1.82) is 0 Å². The predicted octanol–water partition coefficient (Wildman–Crippen LogP) is 1.02. The number of hydrogen-bond donors (Lipinski definition) is 1. The molecule has 3 heteroatoms. The highest BCUT2D eigenvalue weighted by molar-refractivity contribution is 5.94. The predicted molar refractivity (Wildman–Crippen MR) is 60.5 cm³/mol. The fraction of sp³-hybridized carbons (Fsp3) is 0.750. The van der Waals surface area contributed by atoms with E-state index in [2.05, 4.69) is 19.2 Å². The van der Waals surface area contributed by atoms with Gasteiger partial charge in [0.25, 0.3) is 0 Å². The van der Waals surface area contributed by atoms with Crippen molar-refractivity contribution < 1.29 is 4.79 Å². The van der Waals surface area contributed by atoms with E-state index in [1.54, 1.807) is 0 Å². The second-order valence-electron chi connectivity index (χ2n) is 5.00. The van der Waals surface area contributed by atoms with E-state index < -0.39 is 0 Å². The fourth-order valence-electron chi connectivity index (χ4n) is 2.20. The van der Waals surface area contributed by atoms with E-state index >= 15 is 0 Å². The zero-order chi connectivity index (χ0) is 11.0. The molecule has 2 heterocycles. The number of rotatable bonds is 1. The average Bonchev–Trinajstić information content (AvgIpc) is 2.43. The Labute approximate surface area is 91.5 Å². The molecule has 15 heavy (non-hydrogen) atoms.